The molecule has 0 radical (unpaired) electrons. The normalized spacial score (nSPS) is 11.5. The Labute approximate surface area is 199 Å². The van der Waals surface area contributed by atoms with Crippen molar-refractivity contribution in [3.05, 3.63) is 92.0 Å². The number of rotatable bonds is 6. The third-order valence-corrected chi connectivity index (χ3v) is 7.89. The van der Waals surface area contributed by atoms with Crippen molar-refractivity contribution in [1.82, 2.24) is 4.57 Å². The van der Waals surface area contributed by atoms with Gasteiger partial charge < -0.3 is 4.74 Å². The number of esters is 1. The fourth-order valence-corrected chi connectivity index (χ4v) is 5.79. The molecule has 0 atom stereocenters. The van der Waals surface area contributed by atoms with Crippen LogP contribution in [0.4, 0.5) is 5.69 Å². The molecule has 0 amide bonds. The summed E-state index contributed by atoms with van der Waals surface area (Å²) in [6, 6.07) is 16.5. The Hall–Kier alpha value is -3.14. The lowest BCUT2D eigenvalue weighted by Gasteiger charge is -2.13. The van der Waals surface area contributed by atoms with E-state index < -0.39 is 16.0 Å². The number of sulfonamides is 1. The number of nitrogens with zero attached hydrogens (tertiary/aromatic N) is 1. The average molecular weight is 503 g/mol. The third-order valence-electron chi connectivity index (χ3n) is 5.22. The van der Waals surface area contributed by atoms with Crippen molar-refractivity contribution in [3.63, 3.8) is 0 Å². The topological polar surface area (TPSA) is 94.5 Å². The number of carbonyl (C=O) groups excluding carboxylic acids is 1. The molecule has 33 heavy (non-hydrogen) atoms. The zero-order valence-corrected chi connectivity index (χ0v) is 20.1. The summed E-state index contributed by atoms with van der Waals surface area (Å²) in [5, 5.41) is 0.553. The molecule has 0 aliphatic heterocycles. The van der Waals surface area contributed by atoms with Crippen LogP contribution in [0.1, 0.15) is 21.5 Å². The molecule has 7 nitrogen and oxygen atoms in total. The lowest BCUT2D eigenvalue weighted by Crippen LogP contribution is -2.15. The largest absolute Gasteiger partial charge is 0.465 e. The van der Waals surface area contributed by atoms with Crippen LogP contribution in [0.25, 0.3) is 10.2 Å². The van der Waals surface area contributed by atoms with E-state index in [9.17, 15) is 18.0 Å². The van der Waals surface area contributed by atoms with E-state index in [1.54, 1.807) is 41.8 Å². The Morgan fingerprint density at radius 3 is 2.61 bits per heavy atom. The second-order valence-electron chi connectivity index (χ2n) is 7.25. The molecule has 0 saturated heterocycles. The average Bonchev–Trinajstić information content (AvgIpc) is 3.10. The zero-order chi connectivity index (χ0) is 23.8. The highest BCUT2D eigenvalue weighted by atomic mass is 35.5. The number of benzene rings is 3. The van der Waals surface area contributed by atoms with Gasteiger partial charge in [-0.05, 0) is 54.4 Å². The van der Waals surface area contributed by atoms with Crippen LogP contribution in [0.5, 0.6) is 0 Å². The van der Waals surface area contributed by atoms with Crippen LogP contribution < -0.4 is 9.60 Å². The monoisotopic (exact) mass is 502 g/mol. The molecule has 0 fully saturated rings. The fraction of sp³-hybridized carbons (Fsp3) is 0.130. The molecular formula is C23H19ClN2O5S2. The van der Waals surface area contributed by atoms with Gasteiger partial charge in [-0.2, -0.15) is 0 Å². The van der Waals surface area contributed by atoms with Gasteiger partial charge in [-0.1, -0.05) is 47.2 Å². The molecule has 1 N–H and O–H groups in total. The van der Waals surface area contributed by atoms with Gasteiger partial charge in [-0.15, -0.1) is 0 Å². The Bertz CT molecular complexity index is 1540. The molecule has 1 heterocycles. The molecule has 3 aromatic carbocycles. The molecule has 1 aromatic heterocycles. The molecule has 4 rings (SSSR count). The highest BCUT2D eigenvalue weighted by Gasteiger charge is 2.20. The van der Waals surface area contributed by atoms with Crippen LogP contribution in [0.2, 0.25) is 5.02 Å². The van der Waals surface area contributed by atoms with Gasteiger partial charge in [0.25, 0.3) is 10.0 Å². The third kappa shape index (κ3) is 4.52. The first kappa shape index (κ1) is 23.0. The summed E-state index contributed by atoms with van der Waals surface area (Å²) in [4.78, 5) is 24.3. The second kappa shape index (κ2) is 9.01. The highest BCUT2D eigenvalue weighted by Crippen LogP contribution is 2.27. The summed E-state index contributed by atoms with van der Waals surface area (Å²) in [6.45, 7) is 1.91. The SMILES string of the molecule is COC(=O)c1cccc(NS(=O)(=O)c2ccc3c(c2)sc(=O)n3Cc2ccccc2Cl)c1C. The standard InChI is InChI=1S/C23H19ClN2O5S2/c1-14-17(22(27)31-2)7-5-9-19(14)25-33(29,30)16-10-11-20-21(12-16)32-23(28)26(20)13-15-6-3-4-8-18(15)24/h3-12,25H,13H2,1-2H3. The molecule has 0 aliphatic carbocycles. The lowest BCUT2D eigenvalue weighted by molar-refractivity contribution is 0.0600. The van der Waals surface area contributed by atoms with Crippen LogP contribution in [0.3, 0.4) is 0 Å². The number of thiazole rings is 1. The first-order chi connectivity index (χ1) is 15.7. The van der Waals surface area contributed by atoms with E-state index in [4.69, 9.17) is 16.3 Å². The smallest absolute Gasteiger partial charge is 0.338 e. The highest BCUT2D eigenvalue weighted by molar-refractivity contribution is 7.92. The molecule has 0 saturated carbocycles. The van der Waals surface area contributed by atoms with Crippen molar-refractivity contribution in [1.29, 1.82) is 0 Å². The summed E-state index contributed by atoms with van der Waals surface area (Å²) < 4.78 is 35.5. The summed E-state index contributed by atoms with van der Waals surface area (Å²) in [7, 11) is -2.71. The number of anilines is 1. The van der Waals surface area contributed by atoms with Crippen molar-refractivity contribution in [2.45, 2.75) is 18.4 Å². The van der Waals surface area contributed by atoms with Gasteiger partial charge in [-0.3, -0.25) is 14.1 Å². The van der Waals surface area contributed by atoms with Crippen LogP contribution in [-0.4, -0.2) is 26.1 Å². The summed E-state index contributed by atoms with van der Waals surface area (Å²) in [6.07, 6.45) is 0. The Kier molecular flexibility index (Phi) is 6.29. The molecule has 0 spiro atoms. The number of carbonyl (C=O) groups is 1. The Morgan fingerprint density at radius 1 is 1.12 bits per heavy atom. The maximum absolute atomic E-state index is 13.1. The van der Waals surface area contributed by atoms with Crippen LogP contribution in [-0.2, 0) is 21.3 Å². The molecule has 10 heteroatoms. The summed E-state index contributed by atoms with van der Waals surface area (Å²) >= 11 is 7.19. The van der Waals surface area contributed by atoms with Gasteiger partial charge in [0.2, 0.25) is 0 Å². The predicted molar refractivity (Wildman–Crippen MR) is 130 cm³/mol. The minimum Gasteiger partial charge on any atom is -0.465 e. The maximum Gasteiger partial charge on any atom is 0.338 e. The van der Waals surface area contributed by atoms with E-state index in [2.05, 4.69) is 4.72 Å². The van der Waals surface area contributed by atoms with Crippen LogP contribution in [0.15, 0.2) is 70.4 Å². The first-order valence-electron chi connectivity index (χ1n) is 9.79. The number of nitrogens with one attached hydrogen (secondary N) is 1. The molecule has 4 aromatic rings. The van der Waals surface area contributed by atoms with Crippen molar-refractivity contribution < 1.29 is 17.9 Å². The van der Waals surface area contributed by atoms with Crippen molar-refractivity contribution in [2.75, 3.05) is 11.8 Å². The first-order valence-corrected chi connectivity index (χ1v) is 12.5. The van der Waals surface area contributed by atoms with E-state index in [0.29, 0.717) is 20.8 Å². The number of methoxy groups -OCH3 is 1. The number of hydrogen-bond donors (Lipinski definition) is 1. The van der Waals surface area contributed by atoms with Crippen LogP contribution >= 0.6 is 22.9 Å². The number of halogens is 1. The molecular weight excluding hydrogens is 484 g/mol. The predicted octanol–water partition coefficient (Wildman–Crippen LogP) is 4.66. The van der Waals surface area contributed by atoms with Gasteiger partial charge >= 0.3 is 10.8 Å². The lowest BCUT2D eigenvalue weighted by atomic mass is 10.1. The number of fused-ring (bicyclic) bond motifs is 1. The summed E-state index contributed by atoms with van der Waals surface area (Å²) in [5.41, 5.74) is 2.39. The Morgan fingerprint density at radius 2 is 1.88 bits per heavy atom. The second-order valence-corrected chi connectivity index (χ2v) is 10.3. The molecule has 0 unspecified atom stereocenters. The fourth-order valence-electron chi connectivity index (χ4n) is 3.44. The minimum absolute atomic E-state index is 0.00372. The van der Waals surface area contributed by atoms with E-state index >= 15 is 0 Å². The van der Waals surface area contributed by atoms with Crippen LogP contribution in [0, 0.1) is 6.92 Å². The van der Waals surface area contributed by atoms with Crippen molar-refractivity contribution in [3.8, 4) is 0 Å². The van der Waals surface area contributed by atoms with Gasteiger partial charge in [0.15, 0.2) is 0 Å². The van der Waals surface area contributed by atoms with Gasteiger partial charge in [-0.25, -0.2) is 13.2 Å². The maximum atomic E-state index is 13.1. The summed E-state index contributed by atoms with van der Waals surface area (Å²) in [5.74, 6) is -0.556. The van der Waals surface area contributed by atoms with Gasteiger partial charge in [0, 0.05) is 5.02 Å². The Balaban J connectivity index is 1.69. The quantitative estimate of drug-likeness (QED) is 0.387. The van der Waals surface area contributed by atoms with Crippen molar-refractivity contribution >= 4 is 54.8 Å². The number of hydrogen-bond acceptors (Lipinski definition) is 6. The minimum atomic E-state index is -3.97. The number of ether oxygens (including phenoxy) is 1. The van der Waals surface area contributed by atoms with Crippen molar-refractivity contribution in [2.24, 2.45) is 0 Å². The van der Waals surface area contributed by atoms with E-state index in [0.717, 1.165) is 16.9 Å². The molecule has 0 aliphatic rings. The van der Waals surface area contributed by atoms with Gasteiger partial charge in [0.05, 0.1) is 40.0 Å². The molecule has 170 valence electrons. The van der Waals surface area contributed by atoms with E-state index in [-0.39, 0.29) is 27.6 Å². The number of aromatic nitrogens is 1. The zero-order valence-electron chi connectivity index (χ0n) is 17.7. The van der Waals surface area contributed by atoms with Gasteiger partial charge in [0.1, 0.15) is 0 Å². The van der Waals surface area contributed by atoms with E-state index in [1.807, 2.05) is 18.2 Å². The van der Waals surface area contributed by atoms with E-state index in [1.165, 1.54) is 19.2 Å². The molecule has 0 bridgehead atoms.